The second-order valence-corrected chi connectivity index (χ2v) is 9.36. The molecule has 3 aromatic rings. The van der Waals surface area contributed by atoms with Crippen LogP contribution < -0.4 is 10.2 Å². The van der Waals surface area contributed by atoms with Crippen LogP contribution in [-0.4, -0.2) is 51.6 Å². The number of hydrazine groups is 1. The predicted octanol–water partition coefficient (Wildman–Crippen LogP) is 4.54. The predicted molar refractivity (Wildman–Crippen MR) is 128 cm³/mol. The second-order valence-electron chi connectivity index (χ2n) is 8.08. The van der Waals surface area contributed by atoms with Gasteiger partial charge in [-0.1, -0.05) is 34.8 Å². The molecule has 1 saturated heterocycles. The van der Waals surface area contributed by atoms with Gasteiger partial charge in [0.2, 0.25) is 0 Å². The van der Waals surface area contributed by atoms with Crippen LogP contribution in [0.5, 0.6) is 5.75 Å². The van der Waals surface area contributed by atoms with E-state index < -0.39 is 0 Å². The highest BCUT2D eigenvalue weighted by Gasteiger charge is 2.30. The molecule has 0 spiro atoms. The lowest BCUT2D eigenvalue weighted by molar-refractivity contribution is 0.0463. The van der Waals surface area contributed by atoms with Crippen LogP contribution in [0.3, 0.4) is 0 Å². The first kappa shape index (κ1) is 22.5. The van der Waals surface area contributed by atoms with Crippen molar-refractivity contribution in [3.63, 3.8) is 0 Å². The van der Waals surface area contributed by atoms with E-state index in [-0.39, 0.29) is 12.0 Å². The van der Waals surface area contributed by atoms with Crippen LogP contribution in [0, 0.1) is 0 Å². The zero-order chi connectivity index (χ0) is 23.1. The van der Waals surface area contributed by atoms with Gasteiger partial charge in [-0.25, -0.2) is 9.69 Å². The molecule has 1 fully saturated rings. The fourth-order valence-corrected chi connectivity index (χ4v) is 4.87. The molecule has 0 saturated carbocycles. The Morgan fingerprint density at radius 1 is 1.09 bits per heavy atom. The van der Waals surface area contributed by atoms with Crippen LogP contribution in [0.25, 0.3) is 16.9 Å². The molecule has 3 heterocycles. The number of nitrogens with one attached hydrogen (secondary N) is 1. The van der Waals surface area contributed by atoms with Gasteiger partial charge in [0.15, 0.2) is 5.69 Å². The van der Waals surface area contributed by atoms with Gasteiger partial charge in [0.1, 0.15) is 5.75 Å². The average molecular weight is 508 g/mol. The van der Waals surface area contributed by atoms with Gasteiger partial charge in [0.25, 0.3) is 5.91 Å². The molecule has 7 nitrogen and oxygen atoms in total. The first-order valence-corrected chi connectivity index (χ1v) is 11.8. The Hall–Kier alpha value is -2.29. The fourth-order valence-electron chi connectivity index (χ4n) is 4.22. The van der Waals surface area contributed by atoms with Crippen molar-refractivity contribution < 1.29 is 14.6 Å². The number of aliphatic hydroxyl groups is 1. The molecule has 0 atom stereocenters. The molecule has 2 aromatic carbocycles. The van der Waals surface area contributed by atoms with Crippen molar-refractivity contribution in [3.8, 4) is 22.7 Å². The average Bonchev–Trinajstić information content (AvgIpc) is 3.04. The van der Waals surface area contributed by atoms with Crippen molar-refractivity contribution in [1.29, 1.82) is 0 Å². The molecule has 0 aliphatic carbocycles. The van der Waals surface area contributed by atoms with Gasteiger partial charge in [-0.05, 0) is 49.2 Å². The van der Waals surface area contributed by atoms with Crippen molar-refractivity contribution in [2.75, 3.05) is 19.7 Å². The van der Waals surface area contributed by atoms with Crippen molar-refractivity contribution >= 4 is 40.7 Å². The summed E-state index contributed by atoms with van der Waals surface area (Å²) in [6.07, 6.45) is 1.36. The maximum Gasteiger partial charge on any atom is 0.286 e. The summed E-state index contributed by atoms with van der Waals surface area (Å²) in [6, 6.07) is 10.5. The lowest BCUT2D eigenvalue weighted by Crippen LogP contribution is -2.47. The van der Waals surface area contributed by atoms with Crippen LogP contribution in [0.2, 0.25) is 15.1 Å². The molecule has 172 valence electrons. The summed E-state index contributed by atoms with van der Waals surface area (Å²) in [4.78, 5) is 13.3. The smallest absolute Gasteiger partial charge is 0.286 e. The quantitative estimate of drug-likeness (QED) is 0.544. The van der Waals surface area contributed by atoms with E-state index in [4.69, 9.17) is 44.6 Å². The number of aromatic nitrogens is 2. The minimum atomic E-state index is -0.332. The van der Waals surface area contributed by atoms with Gasteiger partial charge >= 0.3 is 0 Å². The fraction of sp³-hybridized carbons (Fsp3) is 0.304. The highest BCUT2D eigenvalue weighted by atomic mass is 35.5. The molecular weight excluding hydrogens is 487 g/mol. The Kier molecular flexibility index (Phi) is 6.24. The molecule has 0 bridgehead atoms. The lowest BCUT2D eigenvalue weighted by Gasteiger charge is -2.29. The van der Waals surface area contributed by atoms with Crippen molar-refractivity contribution in [1.82, 2.24) is 20.2 Å². The van der Waals surface area contributed by atoms with E-state index in [1.165, 1.54) is 0 Å². The molecule has 2 aliphatic rings. The zero-order valence-corrected chi connectivity index (χ0v) is 19.8. The highest BCUT2D eigenvalue weighted by molar-refractivity contribution is 6.35. The van der Waals surface area contributed by atoms with Crippen molar-refractivity contribution in [2.24, 2.45) is 0 Å². The maximum atomic E-state index is 13.3. The summed E-state index contributed by atoms with van der Waals surface area (Å²) in [5, 5.41) is 17.7. The molecule has 2 aliphatic heterocycles. The molecule has 5 rings (SSSR count). The number of hydrogen-bond donors (Lipinski definition) is 2. The van der Waals surface area contributed by atoms with Crippen LogP contribution >= 0.6 is 34.8 Å². The van der Waals surface area contributed by atoms with Gasteiger partial charge in [0.05, 0.1) is 29.1 Å². The molecule has 10 heteroatoms. The third-order valence-electron chi connectivity index (χ3n) is 5.87. The van der Waals surface area contributed by atoms with Crippen LogP contribution in [-0.2, 0) is 6.42 Å². The van der Waals surface area contributed by atoms with Crippen LogP contribution in [0.15, 0.2) is 36.4 Å². The highest BCUT2D eigenvalue weighted by Crippen LogP contribution is 2.40. The van der Waals surface area contributed by atoms with E-state index in [2.05, 4.69) is 5.43 Å². The first-order chi connectivity index (χ1) is 15.9. The van der Waals surface area contributed by atoms with E-state index in [1.807, 2.05) is 11.1 Å². The molecule has 0 unspecified atom stereocenters. The lowest BCUT2D eigenvalue weighted by atomic mass is 10.0. The Balaban J connectivity index is 1.63. The molecular formula is C23H21Cl3N4O3. The summed E-state index contributed by atoms with van der Waals surface area (Å²) in [5.41, 5.74) is 6.09. The van der Waals surface area contributed by atoms with Gasteiger partial charge in [0, 0.05) is 40.7 Å². The summed E-state index contributed by atoms with van der Waals surface area (Å²) in [7, 11) is 0. The Labute approximate surface area is 205 Å². The summed E-state index contributed by atoms with van der Waals surface area (Å²) in [5.74, 6) is 0.299. The van der Waals surface area contributed by atoms with Crippen LogP contribution in [0.1, 0.15) is 28.9 Å². The SMILES string of the molecule is O=C(NN1CCC(O)CC1)c1nn(-c2ccc(Cl)cc2Cl)c2c1CCOc1cc(Cl)ccc1-2. The number of benzene rings is 2. The normalized spacial score (nSPS) is 16.5. The second kappa shape index (κ2) is 9.16. The minimum Gasteiger partial charge on any atom is -0.492 e. The molecule has 2 N–H and O–H groups in total. The number of aliphatic hydroxyl groups excluding tert-OH is 1. The van der Waals surface area contributed by atoms with Gasteiger partial charge in [-0.2, -0.15) is 5.10 Å². The number of halogens is 3. The van der Waals surface area contributed by atoms with E-state index in [9.17, 15) is 9.90 Å². The largest absolute Gasteiger partial charge is 0.492 e. The third kappa shape index (κ3) is 4.44. The topological polar surface area (TPSA) is 79.6 Å². The minimum absolute atomic E-state index is 0.300. The number of ether oxygens (including phenoxy) is 1. The van der Waals surface area contributed by atoms with Crippen LogP contribution in [0.4, 0.5) is 0 Å². The van der Waals surface area contributed by atoms with Crippen molar-refractivity contribution in [3.05, 3.63) is 62.7 Å². The first-order valence-electron chi connectivity index (χ1n) is 10.6. The van der Waals surface area contributed by atoms with E-state index in [0.717, 1.165) is 16.8 Å². The Bertz CT molecular complexity index is 1220. The number of hydrogen-bond acceptors (Lipinski definition) is 5. The maximum absolute atomic E-state index is 13.3. The number of fused-ring (bicyclic) bond motifs is 3. The third-order valence-corrected chi connectivity index (χ3v) is 6.64. The number of piperidine rings is 1. The van der Waals surface area contributed by atoms with Gasteiger partial charge < -0.3 is 9.84 Å². The molecule has 0 radical (unpaired) electrons. The van der Waals surface area contributed by atoms with E-state index in [1.54, 1.807) is 35.0 Å². The number of carbonyl (C=O) groups excluding carboxylic acids is 1. The number of carbonyl (C=O) groups is 1. The molecule has 1 amide bonds. The number of rotatable bonds is 3. The van der Waals surface area contributed by atoms with Gasteiger partial charge in [-0.15, -0.1) is 0 Å². The summed E-state index contributed by atoms with van der Waals surface area (Å²) < 4.78 is 7.63. The summed E-state index contributed by atoms with van der Waals surface area (Å²) in [6.45, 7) is 1.52. The standard InChI is InChI=1S/C23H21Cl3N4O3/c24-13-2-4-19(18(26)11-13)30-22-16-3-1-14(25)12-20(16)33-10-7-17(22)21(27-30)23(32)28-29-8-5-15(31)6-9-29/h1-4,11-12,15,31H,5-10H2,(H,28,32). The zero-order valence-electron chi connectivity index (χ0n) is 17.5. The van der Waals surface area contributed by atoms with Crippen molar-refractivity contribution in [2.45, 2.75) is 25.4 Å². The van der Waals surface area contributed by atoms with E-state index >= 15 is 0 Å². The number of amides is 1. The Morgan fingerprint density at radius 2 is 1.82 bits per heavy atom. The van der Waals surface area contributed by atoms with Gasteiger partial charge in [-0.3, -0.25) is 10.2 Å². The van der Waals surface area contributed by atoms with E-state index in [0.29, 0.717) is 71.2 Å². The summed E-state index contributed by atoms with van der Waals surface area (Å²) >= 11 is 18.8. The molecule has 1 aromatic heterocycles. The monoisotopic (exact) mass is 506 g/mol. The Morgan fingerprint density at radius 3 is 2.58 bits per heavy atom. The number of nitrogens with zero attached hydrogens (tertiary/aromatic N) is 3. The molecule has 33 heavy (non-hydrogen) atoms.